The molecule has 0 radical (unpaired) electrons. The van der Waals surface area contributed by atoms with Gasteiger partial charge in [0.05, 0.1) is 5.56 Å². The van der Waals surface area contributed by atoms with E-state index in [9.17, 15) is 4.79 Å². The molecule has 1 unspecified atom stereocenters. The molecule has 0 spiro atoms. The normalized spacial score (nSPS) is 21.2. The van der Waals surface area contributed by atoms with Gasteiger partial charge in [0.2, 0.25) is 11.3 Å². The largest absolute Gasteiger partial charge is 0.466 e. The molecule has 2 nitrogen and oxygen atoms in total. The monoisotopic (exact) mass is 168 g/mol. The van der Waals surface area contributed by atoms with Crippen LogP contribution < -0.4 is 4.74 Å². The van der Waals surface area contributed by atoms with Gasteiger partial charge in [-0.15, -0.1) is 0 Å². The van der Waals surface area contributed by atoms with E-state index < -0.39 is 5.56 Å². The lowest BCUT2D eigenvalue weighted by atomic mass is 10.1. The fourth-order valence-corrected chi connectivity index (χ4v) is 1.27. The van der Waals surface area contributed by atoms with Gasteiger partial charge in [0.25, 0.3) is 0 Å². The van der Waals surface area contributed by atoms with Crippen LogP contribution in [0, 0.1) is 0 Å². The Hall–Kier alpha value is -1.02. The van der Waals surface area contributed by atoms with Crippen LogP contribution in [0.1, 0.15) is 10.4 Å². The second-order valence-corrected chi connectivity index (χ2v) is 2.69. The number of para-hydroxylation sites is 1. The lowest BCUT2D eigenvalue weighted by Crippen LogP contribution is -2.11. The topological polar surface area (TPSA) is 26.3 Å². The minimum atomic E-state index is -0.826. The van der Waals surface area contributed by atoms with Gasteiger partial charge in [-0.2, -0.15) is 0 Å². The van der Waals surface area contributed by atoms with E-state index in [0.29, 0.717) is 11.3 Å². The van der Waals surface area contributed by atoms with Crippen LogP contribution in [0.4, 0.5) is 0 Å². The molecule has 0 saturated carbocycles. The first-order valence-electron chi connectivity index (χ1n) is 3.23. The third-order valence-corrected chi connectivity index (χ3v) is 1.88. The SMILES string of the molecule is O=C1c2ccccc2OC1Cl. The molecule has 0 N–H and O–H groups in total. The number of rotatable bonds is 0. The van der Waals surface area contributed by atoms with Crippen molar-refractivity contribution in [2.45, 2.75) is 5.56 Å². The number of carbonyl (C=O) groups excluding carboxylic acids is 1. The number of fused-ring (bicyclic) bond motifs is 1. The molecular weight excluding hydrogens is 164 g/mol. The number of ketones is 1. The molecule has 0 aliphatic carbocycles. The Labute approximate surface area is 68.7 Å². The van der Waals surface area contributed by atoms with Crippen LogP contribution in [0.2, 0.25) is 0 Å². The van der Waals surface area contributed by atoms with Crippen molar-refractivity contribution in [3.8, 4) is 5.75 Å². The van der Waals surface area contributed by atoms with Crippen LogP contribution in [0.15, 0.2) is 24.3 Å². The number of halogens is 1. The average Bonchev–Trinajstić information content (AvgIpc) is 2.30. The van der Waals surface area contributed by atoms with Gasteiger partial charge < -0.3 is 4.74 Å². The second kappa shape index (κ2) is 2.24. The minimum absolute atomic E-state index is 0.151. The van der Waals surface area contributed by atoms with E-state index in [1.807, 2.05) is 0 Å². The van der Waals surface area contributed by atoms with Gasteiger partial charge in [0.1, 0.15) is 5.75 Å². The number of Topliss-reactive ketones (excluding diaryl/α,β-unsaturated/α-hetero) is 1. The van der Waals surface area contributed by atoms with Gasteiger partial charge in [-0.05, 0) is 12.1 Å². The quantitative estimate of drug-likeness (QED) is 0.553. The van der Waals surface area contributed by atoms with Crippen LogP contribution in [0.5, 0.6) is 5.75 Å². The van der Waals surface area contributed by atoms with Crippen LogP contribution in [-0.4, -0.2) is 11.3 Å². The molecule has 11 heavy (non-hydrogen) atoms. The molecule has 0 bridgehead atoms. The van der Waals surface area contributed by atoms with E-state index >= 15 is 0 Å². The van der Waals surface area contributed by atoms with Gasteiger partial charge in [-0.25, -0.2) is 0 Å². The first-order valence-corrected chi connectivity index (χ1v) is 3.66. The first kappa shape index (κ1) is 6.68. The van der Waals surface area contributed by atoms with Gasteiger partial charge in [-0.3, -0.25) is 4.79 Å². The summed E-state index contributed by atoms with van der Waals surface area (Å²) in [4.78, 5) is 11.1. The summed E-state index contributed by atoms with van der Waals surface area (Å²) >= 11 is 5.56. The third-order valence-electron chi connectivity index (χ3n) is 1.59. The van der Waals surface area contributed by atoms with E-state index in [1.165, 1.54) is 0 Å². The summed E-state index contributed by atoms with van der Waals surface area (Å²) in [6, 6.07) is 7.03. The maximum absolute atomic E-state index is 11.1. The summed E-state index contributed by atoms with van der Waals surface area (Å²) in [5.41, 5.74) is -0.250. The number of carbonyl (C=O) groups is 1. The maximum Gasteiger partial charge on any atom is 0.235 e. The molecule has 0 fully saturated rings. The summed E-state index contributed by atoms with van der Waals surface area (Å²) < 4.78 is 5.03. The van der Waals surface area contributed by atoms with Crippen LogP contribution in [-0.2, 0) is 0 Å². The third kappa shape index (κ3) is 0.906. The van der Waals surface area contributed by atoms with Gasteiger partial charge in [0.15, 0.2) is 0 Å². The Morgan fingerprint density at radius 2 is 2.09 bits per heavy atom. The van der Waals surface area contributed by atoms with Gasteiger partial charge in [-0.1, -0.05) is 23.7 Å². The van der Waals surface area contributed by atoms with E-state index in [4.69, 9.17) is 16.3 Å². The highest BCUT2D eigenvalue weighted by molar-refractivity contribution is 6.34. The number of hydrogen-bond donors (Lipinski definition) is 0. The van der Waals surface area contributed by atoms with Crippen molar-refractivity contribution in [1.29, 1.82) is 0 Å². The standard InChI is InChI=1S/C8H5ClO2/c9-8-7(10)5-3-1-2-4-6(5)11-8/h1-4,8H. The maximum atomic E-state index is 11.1. The molecular formula is C8H5ClO2. The van der Waals surface area contributed by atoms with Gasteiger partial charge >= 0.3 is 0 Å². The zero-order valence-electron chi connectivity index (χ0n) is 5.58. The molecule has 1 atom stereocenters. The summed E-state index contributed by atoms with van der Waals surface area (Å²) in [6.07, 6.45) is 0. The molecule has 1 aromatic carbocycles. The van der Waals surface area contributed by atoms with E-state index in [2.05, 4.69) is 0 Å². The van der Waals surface area contributed by atoms with E-state index in [0.717, 1.165) is 0 Å². The molecule has 2 rings (SSSR count). The highest BCUT2D eigenvalue weighted by Gasteiger charge is 2.29. The van der Waals surface area contributed by atoms with Crippen LogP contribution in [0.3, 0.4) is 0 Å². The van der Waals surface area contributed by atoms with Crippen molar-refractivity contribution in [3.05, 3.63) is 29.8 Å². The molecule has 0 amide bonds. The van der Waals surface area contributed by atoms with Crippen molar-refractivity contribution in [3.63, 3.8) is 0 Å². The van der Waals surface area contributed by atoms with Crippen molar-refractivity contribution < 1.29 is 9.53 Å². The molecule has 0 aromatic heterocycles. The fourth-order valence-electron chi connectivity index (χ4n) is 1.06. The minimum Gasteiger partial charge on any atom is -0.466 e. The summed E-state index contributed by atoms with van der Waals surface area (Å²) in [5, 5.41) is 0. The predicted molar refractivity (Wildman–Crippen MR) is 41.0 cm³/mol. The summed E-state index contributed by atoms with van der Waals surface area (Å²) in [6.45, 7) is 0. The van der Waals surface area contributed by atoms with E-state index in [1.54, 1.807) is 24.3 Å². The molecule has 0 saturated heterocycles. The lowest BCUT2D eigenvalue weighted by molar-refractivity contribution is 0.0932. The van der Waals surface area contributed by atoms with E-state index in [-0.39, 0.29) is 5.78 Å². The molecule has 56 valence electrons. The molecule has 1 aliphatic heterocycles. The summed E-state index contributed by atoms with van der Waals surface area (Å²) in [7, 11) is 0. The molecule has 1 aliphatic rings. The van der Waals surface area contributed by atoms with Crippen LogP contribution >= 0.6 is 11.6 Å². The smallest absolute Gasteiger partial charge is 0.235 e. The van der Waals surface area contributed by atoms with Crippen molar-refractivity contribution in [1.82, 2.24) is 0 Å². The number of alkyl halides is 1. The Balaban J connectivity index is 2.55. The number of benzene rings is 1. The Morgan fingerprint density at radius 3 is 2.82 bits per heavy atom. The van der Waals surface area contributed by atoms with Crippen molar-refractivity contribution >= 4 is 17.4 Å². The second-order valence-electron chi connectivity index (χ2n) is 2.29. The van der Waals surface area contributed by atoms with Crippen molar-refractivity contribution in [2.24, 2.45) is 0 Å². The Bertz CT molecular complexity index is 309. The molecule has 3 heteroatoms. The zero-order valence-corrected chi connectivity index (χ0v) is 6.34. The predicted octanol–water partition coefficient (Wildman–Crippen LogP) is 1.83. The van der Waals surface area contributed by atoms with Crippen molar-refractivity contribution in [2.75, 3.05) is 0 Å². The number of ether oxygens (including phenoxy) is 1. The highest BCUT2D eigenvalue weighted by Crippen LogP contribution is 2.29. The highest BCUT2D eigenvalue weighted by atomic mass is 35.5. The Morgan fingerprint density at radius 1 is 1.36 bits per heavy atom. The molecule has 1 heterocycles. The Kier molecular flexibility index (Phi) is 1.36. The summed E-state index contributed by atoms with van der Waals surface area (Å²) in [5.74, 6) is 0.430. The van der Waals surface area contributed by atoms with Gasteiger partial charge in [0, 0.05) is 0 Å². The number of hydrogen-bond acceptors (Lipinski definition) is 2. The fraction of sp³-hybridized carbons (Fsp3) is 0.125. The lowest BCUT2D eigenvalue weighted by Gasteiger charge is -1.96. The zero-order chi connectivity index (χ0) is 7.84. The van der Waals surface area contributed by atoms with Crippen LogP contribution in [0.25, 0.3) is 0 Å². The first-order chi connectivity index (χ1) is 5.29. The average molecular weight is 169 g/mol. The molecule has 1 aromatic rings.